The van der Waals surface area contributed by atoms with Crippen molar-refractivity contribution in [2.45, 2.75) is 58.6 Å². The highest BCUT2D eigenvalue weighted by Crippen LogP contribution is 2.32. The molecule has 0 spiro atoms. The molecule has 0 aliphatic carbocycles. The summed E-state index contributed by atoms with van der Waals surface area (Å²) in [6.45, 7) is 8.79. The van der Waals surface area contributed by atoms with Crippen LogP contribution in [0.3, 0.4) is 0 Å². The molecule has 1 heterocycles. The summed E-state index contributed by atoms with van der Waals surface area (Å²) in [5.41, 5.74) is -1.02. The van der Waals surface area contributed by atoms with Gasteiger partial charge >= 0.3 is 0 Å². The molecule has 0 unspecified atom stereocenters. The predicted molar refractivity (Wildman–Crippen MR) is 62.2 cm³/mol. The van der Waals surface area contributed by atoms with Crippen LogP contribution in [0.25, 0.3) is 0 Å². The Morgan fingerprint density at radius 3 is 2.18 bits per heavy atom. The molecule has 1 aromatic heterocycles. The van der Waals surface area contributed by atoms with Gasteiger partial charge in [-0.2, -0.15) is 5.10 Å². The summed E-state index contributed by atoms with van der Waals surface area (Å²) < 4.78 is 27.4. The van der Waals surface area contributed by atoms with Crippen LogP contribution in [-0.2, 0) is 12.0 Å². The molecule has 1 N–H and O–H groups in total. The van der Waals surface area contributed by atoms with Gasteiger partial charge in [0, 0.05) is 5.56 Å². The third-order valence-corrected chi connectivity index (χ3v) is 2.43. The molecule has 0 saturated carbocycles. The lowest BCUT2D eigenvalue weighted by Gasteiger charge is -2.22. The summed E-state index contributed by atoms with van der Waals surface area (Å²) in [4.78, 5) is 0. The fourth-order valence-electron chi connectivity index (χ4n) is 1.70. The average Bonchev–Trinajstić information content (AvgIpc) is 2.43. The van der Waals surface area contributed by atoms with Crippen molar-refractivity contribution in [3.63, 3.8) is 0 Å². The van der Waals surface area contributed by atoms with E-state index < -0.39 is 12.0 Å². The molecular formula is C12H20F2N2O. The molecule has 0 saturated heterocycles. The zero-order chi connectivity index (χ0) is 13.4. The molecule has 0 amide bonds. The number of rotatable bonds is 3. The van der Waals surface area contributed by atoms with Crippen LogP contribution in [0.1, 0.15) is 52.3 Å². The van der Waals surface area contributed by atoms with Crippen molar-refractivity contribution in [1.82, 2.24) is 9.78 Å². The number of nitrogens with zero attached hydrogens (tertiary/aromatic N) is 2. The molecule has 0 atom stereocenters. The smallest absolute Gasteiger partial charge is 0.280 e. The van der Waals surface area contributed by atoms with Gasteiger partial charge in [-0.3, -0.25) is 4.68 Å². The number of aliphatic hydroxyl groups is 1. The third-order valence-electron chi connectivity index (χ3n) is 2.43. The van der Waals surface area contributed by atoms with Gasteiger partial charge in [-0.1, -0.05) is 20.8 Å². The van der Waals surface area contributed by atoms with Crippen molar-refractivity contribution >= 4 is 0 Å². The van der Waals surface area contributed by atoms with Gasteiger partial charge in [-0.05, 0) is 19.3 Å². The highest BCUT2D eigenvalue weighted by molar-refractivity contribution is 5.26. The van der Waals surface area contributed by atoms with Gasteiger partial charge in [-0.25, -0.2) is 8.78 Å². The van der Waals surface area contributed by atoms with Gasteiger partial charge < -0.3 is 5.11 Å². The quantitative estimate of drug-likeness (QED) is 0.890. The summed E-state index contributed by atoms with van der Waals surface area (Å²) in [5.74, 6) is 0. The Morgan fingerprint density at radius 1 is 1.29 bits per heavy atom. The third kappa shape index (κ3) is 3.49. The van der Waals surface area contributed by atoms with Gasteiger partial charge in [0.25, 0.3) is 6.43 Å². The minimum atomic E-state index is -2.59. The first-order chi connectivity index (χ1) is 7.52. The number of halogens is 2. The Bertz CT molecular complexity index is 386. The van der Waals surface area contributed by atoms with Crippen molar-refractivity contribution in [3.8, 4) is 0 Å². The zero-order valence-electron chi connectivity index (χ0n) is 11.0. The maximum Gasteiger partial charge on any atom is 0.280 e. The van der Waals surface area contributed by atoms with E-state index in [1.807, 2.05) is 20.8 Å². The average molecular weight is 246 g/mol. The number of aromatic nitrogens is 2. The van der Waals surface area contributed by atoms with Crippen molar-refractivity contribution in [3.05, 3.63) is 17.5 Å². The predicted octanol–water partition coefficient (Wildman–Crippen LogP) is 2.89. The summed E-state index contributed by atoms with van der Waals surface area (Å²) >= 11 is 0. The molecule has 0 radical (unpaired) electrons. The minimum Gasteiger partial charge on any atom is -0.389 e. The van der Waals surface area contributed by atoms with Crippen LogP contribution < -0.4 is 0 Å². The SMILES string of the molecule is CC(C)(O)Cn1ncc(C(C)(C)C)c1C(F)F. The van der Waals surface area contributed by atoms with E-state index in [2.05, 4.69) is 5.10 Å². The summed E-state index contributed by atoms with van der Waals surface area (Å²) in [7, 11) is 0. The highest BCUT2D eigenvalue weighted by atomic mass is 19.3. The fraction of sp³-hybridized carbons (Fsp3) is 0.750. The van der Waals surface area contributed by atoms with E-state index in [1.54, 1.807) is 13.8 Å². The standard InChI is InChI=1S/C12H20F2N2O/c1-11(2,3)8-6-15-16(7-12(4,5)17)9(8)10(13)14/h6,10,17H,7H2,1-5H3. The lowest BCUT2D eigenvalue weighted by atomic mass is 9.87. The minimum absolute atomic E-state index is 0.0583. The second-order valence-electron chi connectivity index (χ2n) is 5.96. The molecule has 98 valence electrons. The molecule has 0 bridgehead atoms. The monoisotopic (exact) mass is 246 g/mol. The van der Waals surface area contributed by atoms with E-state index in [4.69, 9.17) is 0 Å². The van der Waals surface area contributed by atoms with E-state index in [1.165, 1.54) is 10.9 Å². The van der Waals surface area contributed by atoms with Crippen molar-refractivity contribution < 1.29 is 13.9 Å². The van der Waals surface area contributed by atoms with Gasteiger partial charge in [0.1, 0.15) is 5.69 Å². The molecule has 1 aromatic rings. The van der Waals surface area contributed by atoms with E-state index >= 15 is 0 Å². The lowest BCUT2D eigenvalue weighted by molar-refractivity contribution is 0.0509. The van der Waals surface area contributed by atoms with E-state index in [-0.39, 0.29) is 17.7 Å². The Labute approximate surface area is 100 Å². The molecule has 0 aliphatic heterocycles. The van der Waals surface area contributed by atoms with Crippen molar-refractivity contribution in [2.24, 2.45) is 0 Å². The topological polar surface area (TPSA) is 38.0 Å². The van der Waals surface area contributed by atoms with Crippen LogP contribution in [0.2, 0.25) is 0 Å². The maximum atomic E-state index is 13.1. The fourth-order valence-corrected chi connectivity index (χ4v) is 1.70. The van der Waals surface area contributed by atoms with Crippen LogP contribution in [0.4, 0.5) is 8.78 Å². The summed E-state index contributed by atoms with van der Waals surface area (Å²) in [5, 5.41) is 13.6. The summed E-state index contributed by atoms with van der Waals surface area (Å²) in [6, 6.07) is 0. The normalized spacial score (nSPS) is 13.5. The Balaban J connectivity index is 3.21. The first-order valence-electron chi connectivity index (χ1n) is 5.59. The molecule has 0 aromatic carbocycles. The molecule has 17 heavy (non-hydrogen) atoms. The molecule has 0 fully saturated rings. The first-order valence-corrected chi connectivity index (χ1v) is 5.59. The Kier molecular flexibility index (Phi) is 3.62. The molecular weight excluding hydrogens is 226 g/mol. The number of hydrogen-bond acceptors (Lipinski definition) is 2. The molecule has 0 aliphatic rings. The second kappa shape index (κ2) is 4.37. The van der Waals surface area contributed by atoms with Crippen molar-refractivity contribution in [1.29, 1.82) is 0 Å². The van der Waals surface area contributed by atoms with E-state index in [9.17, 15) is 13.9 Å². The van der Waals surface area contributed by atoms with Gasteiger partial charge in [-0.15, -0.1) is 0 Å². The maximum absolute atomic E-state index is 13.1. The number of alkyl halides is 2. The van der Waals surface area contributed by atoms with Crippen LogP contribution in [0.15, 0.2) is 6.20 Å². The lowest BCUT2D eigenvalue weighted by Crippen LogP contribution is -2.28. The van der Waals surface area contributed by atoms with E-state index in [0.29, 0.717) is 5.56 Å². The van der Waals surface area contributed by atoms with Gasteiger partial charge in [0.2, 0.25) is 0 Å². The Hall–Kier alpha value is -0.970. The van der Waals surface area contributed by atoms with Gasteiger partial charge in [0.05, 0.1) is 18.3 Å². The van der Waals surface area contributed by atoms with Crippen LogP contribution in [-0.4, -0.2) is 20.5 Å². The second-order valence-corrected chi connectivity index (χ2v) is 5.96. The molecule has 5 heteroatoms. The van der Waals surface area contributed by atoms with Gasteiger partial charge in [0.15, 0.2) is 0 Å². The van der Waals surface area contributed by atoms with E-state index in [0.717, 1.165) is 0 Å². The van der Waals surface area contributed by atoms with Crippen LogP contribution in [0, 0.1) is 0 Å². The molecule has 1 rings (SSSR count). The number of hydrogen-bond donors (Lipinski definition) is 1. The molecule has 3 nitrogen and oxygen atoms in total. The Morgan fingerprint density at radius 2 is 1.82 bits per heavy atom. The zero-order valence-corrected chi connectivity index (χ0v) is 11.0. The summed E-state index contributed by atoms with van der Waals surface area (Å²) in [6.07, 6.45) is -1.12. The largest absolute Gasteiger partial charge is 0.389 e. The van der Waals surface area contributed by atoms with Crippen LogP contribution in [0.5, 0.6) is 0 Å². The van der Waals surface area contributed by atoms with Crippen molar-refractivity contribution in [2.75, 3.05) is 0 Å². The highest BCUT2D eigenvalue weighted by Gasteiger charge is 2.29. The first kappa shape index (κ1) is 14.1. The van der Waals surface area contributed by atoms with Crippen LogP contribution >= 0.6 is 0 Å².